The summed E-state index contributed by atoms with van der Waals surface area (Å²) >= 11 is 0. The van der Waals surface area contributed by atoms with E-state index in [2.05, 4.69) is 16.5 Å². The topological polar surface area (TPSA) is 97.0 Å². The Hall–Kier alpha value is -3.92. The van der Waals surface area contributed by atoms with Gasteiger partial charge >= 0.3 is 5.97 Å². The summed E-state index contributed by atoms with van der Waals surface area (Å²) in [4.78, 5) is 24.4. The number of nitrogens with one attached hydrogen (secondary N) is 1. The molecule has 0 bridgehead atoms. The molecule has 146 valence electrons. The fraction of sp³-hybridized carbons (Fsp3) is 0.182. The van der Waals surface area contributed by atoms with Gasteiger partial charge < -0.3 is 10.1 Å². The summed E-state index contributed by atoms with van der Waals surface area (Å²) in [6.07, 6.45) is 1.81. The smallest absolute Gasteiger partial charge is 0.341 e. The van der Waals surface area contributed by atoms with Gasteiger partial charge in [-0.15, -0.1) is 0 Å². The van der Waals surface area contributed by atoms with Crippen LogP contribution in [0.15, 0.2) is 54.7 Å². The van der Waals surface area contributed by atoms with Crippen LogP contribution < -0.4 is 5.32 Å². The summed E-state index contributed by atoms with van der Waals surface area (Å²) in [5, 5.41) is 15.8. The number of benzene rings is 2. The molecule has 0 spiro atoms. The largest absolute Gasteiger partial charge is 0.462 e. The van der Waals surface area contributed by atoms with Gasteiger partial charge in [0.1, 0.15) is 5.56 Å². The number of anilines is 1. The van der Waals surface area contributed by atoms with Gasteiger partial charge in [0, 0.05) is 11.3 Å². The van der Waals surface area contributed by atoms with Gasteiger partial charge in [-0.2, -0.15) is 10.4 Å². The monoisotopic (exact) mass is 388 g/mol. The summed E-state index contributed by atoms with van der Waals surface area (Å²) in [6, 6.07) is 16.2. The number of carbonyl (C=O) groups excluding carboxylic acids is 2. The third-order valence-electron chi connectivity index (χ3n) is 4.37. The number of esters is 1. The Balaban J connectivity index is 1.72. The zero-order valence-electron chi connectivity index (χ0n) is 16.2. The van der Waals surface area contributed by atoms with Crippen molar-refractivity contribution in [1.82, 2.24) is 9.78 Å². The molecule has 0 fully saturated rings. The van der Waals surface area contributed by atoms with Crippen molar-refractivity contribution in [2.75, 3.05) is 11.9 Å². The molecule has 1 aromatic heterocycles. The summed E-state index contributed by atoms with van der Waals surface area (Å²) in [7, 11) is 0. The summed E-state index contributed by atoms with van der Waals surface area (Å²) < 4.78 is 6.65. The van der Waals surface area contributed by atoms with Crippen LogP contribution in [0.25, 0.3) is 5.69 Å². The van der Waals surface area contributed by atoms with Gasteiger partial charge in [-0.1, -0.05) is 12.1 Å². The SMILES string of the molecule is CCOC(=O)c1cnn(-c2ccc(C(=O)Nc3ccc(CC#N)cc3)cc2)c1C. The number of aromatic nitrogens is 2. The number of amides is 1. The van der Waals surface area contributed by atoms with Crippen molar-refractivity contribution in [3.8, 4) is 11.8 Å². The van der Waals surface area contributed by atoms with E-state index in [9.17, 15) is 9.59 Å². The second-order valence-electron chi connectivity index (χ2n) is 6.31. The minimum atomic E-state index is -0.409. The van der Waals surface area contributed by atoms with E-state index in [1.54, 1.807) is 54.9 Å². The summed E-state index contributed by atoms with van der Waals surface area (Å²) in [5.41, 5.74) is 3.85. The van der Waals surface area contributed by atoms with Crippen molar-refractivity contribution in [3.63, 3.8) is 0 Å². The van der Waals surface area contributed by atoms with Crippen LogP contribution in [-0.4, -0.2) is 28.3 Å². The molecule has 0 aliphatic rings. The highest BCUT2D eigenvalue weighted by atomic mass is 16.5. The number of rotatable bonds is 6. The number of nitrogens with zero attached hydrogens (tertiary/aromatic N) is 3. The lowest BCUT2D eigenvalue weighted by Gasteiger charge is -2.08. The third kappa shape index (κ3) is 4.50. The molecule has 1 N–H and O–H groups in total. The summed E-state index contributed by atoms with van der Waals surface area (Å²) in [5.74, 6) is -0.651. The number of nitriles is 1. The zero-order chi connectivity index (χ0) is 20.8. The van der Waals surface area contributed by atoms with Crippen LogP contribution >= 0.6 is 0 Å². The van der Waals surface area contributed by atoms with Crippen LogP contribution in [0.3, 0.4) is 0 Å². The molecule has 3 aromatic rings. The number of ether oxygens (including phenoxy) is 1. The molecule has 2 aromatic carbocycles. The Morgan fingerprint density at radius 1 is 1.14 bits per heavy atom. The van der Waals surface area contributed by atoms with E-state index in [1.807, 2.05) is 12.1 Å². The Morgan fingerprint density at radius 3 is 2.45 bits per heavy atom. The molecule has 1 amide bonds. The molecule has 7 heteroatoms. The minimum Gasteiger partial charge on any atom is -0.462 e. The lowest BCUT2D eigenvalue weighted by atomic mass is 10.1. The fourth-order valence-corrected chi connectivity index (χ4v) is 2.83. The maximum Gasteiger partial charge on any atom is 0.341 e. The molecule has 0 aliphatic heterocycles. The van der Waals surface area contributed by atoms with Crippen LogP contribution in [0.4, 0.5) is 5.69 Å². The van der Waals surface area contributed by atoms with Crippen LogP contribution in [0, 0.1) is 18.3 Å². The van der Waals surface area contributed by atoms with Crippen LogP contribution in [0.1, 0.15) is 38.9 Å². The first-order valence-corrected chi connectivity index (χ1v) is 9.13. The van der Waals surface area contributed by atoms with Gasteiger partial charge in [-0.3, -0.25) is 4.79 Å². The van der Waals surface area contributed by atoms with Gasteiger partial charge in [-0.25, -0.2) is 9.48 Å². The molecule has 0 saturated carbocycles. The molecule has 0 radical (unpaired) electrons. The van der Waals surface area contributed by atoms with Crippen molar-refractivity contribution in [1.29, 1.82) is 5.26 Å². The molecule has 29 heavy (non-hydrogen) atoms. The predicted molar refractivity (Wildman–Crippen MR) is 108 cm³/mol. The van der Waals surface area contributed by atoms with Crippen molar-refractivity contribution in [2.45, 2.75) is 20.3 Å². The van der Waals surface area contributed by atoms with Gasteiger partial charge in [-0.05, 0) is 55.8 Å². The highest BCUT2D eigenvalue weighted by Gasteiger charge is 2.16. The normalized spacial score (nSPS) is 10.2. The second-order valence-corrected chi connectivity index (χ2v) is 6.31. The van der Waals surface area contributed by atoms with E-state index in [1.165, 1.54) is 6.20 Å². The maximum atomic E-state index is 12.5. The summed E-state index contributed by atoms with van der Waals surface area (Å²) in [6.45, 7) is 3.84. The first kappa shape index (κ1) is 19.8. The van der Waals surface area contributed by atoms with E-state index in [-0.39, 0.29) is 5.91 Å². The lowest BCUT2D eigenvalue weighted by Crippen LogP contribution is -2.12. The van der Waals surface area contributed by atoms with Crippen molar-refractivity contribution in [3.05, 3.63) is 77.1 Å². The van der Waals surface area contributed by atoms with Crippen molar-refractivity contribution < 1.29 is 14.3 Å². The average Bonchev–Trinajstić information content (AvgIpc) is 3.11. The Bertz CT molecular complexity index is 1060. The first-order valence-electron chi connectivity index (χ1n) is 9.13. The van der Waals surface area contributed by atoms with Gasteiger partial charge in [0.15, 0.2) is 0 Å². The highest BCUT2D eigenvalue weighted by molar-refractivity contribution is 6.04. The van der Waals surface area contributed by atoms with Crippen LogP contribution in [-0.2, 0) is 11.2 Å². The average molecular weight is 388 g/mol. The Labute approximate surface area is 168 Å². The van der Waals surface area contributed by atoms with Gasteiger partial charge in [0.25, 0.3) is 5.91 Å². The van der Waals surface area contributed by atoms with Crippen molar-refractivity contribution >= 4 is 17.6 Å². The van der Waals surface area contributed by atoms with E-state index in [0.29, 0.717) is 35.5 Å². The molecule has 0 atom stereocenters. The van der Waals surface area contributed by atoms with E-state index in [0.717, 1.165) is 11.3 Å². The fourth-order valence-electron chi connectivity index (χ4n) is 2.83. The molecule has 0 saturated heterocycles. The zero-order valence-corrected chi connectivity index (χ0v) is 16.2. The number of hydrogen-bond donors (Lipinski definition) is 1. The quantitative estimate of drug-likeness (QED) is 0.650. The molecular weight excluding hydrogens is 368 g/mol. The number of carbonyl (C=O) groups is 2. The minimum absolute atomic E-state index is 0.242. The van der Waals surface area contributed by atoms with E-state index < -0.39 is 5.97 Å². The molecule has 3 rings (SSSR count). The number of hydrogen-bond acceptors (Lipinski definition) is 5. The second kappa shape index (κ2) is 8.85. The van der Waals surface area contributed by atoms with Gasteiger partial charge in [0.2, 0.25) is 0 Å². The first-order chi connectivity index (χ1) is 14.0. The van der Waals surface area contributed by atoms with E-state index in [4.69, 9.17) is 10.00 Å². The lowest BCUT2D eigenvalue weighted by molar-refractivity contribution is 0.0525. The maximum absolute atomic E-state index is 12.5. The predicted octanol–water partition coefficient (Wildman–Crippen LogP) is 3.68. The standard InChI is InChI=1S/C22H20N4O3/c1-3-29-22(28)20-14-24-26(15(20)2)19-10-6-17(7-11-19)21(27)25-18-8-4-16(5-9-18)12-13-23/h4-11,14H,3,12H2,1-2H3,(H,25,27). The molecular formula is C22H20N4O3. The Morgan fingerprint density at radius 2 is 1.83 bits per heavy atom. The van der Waals surface area contributed by atoms with Crippen LogP contribution in [0.5, 0.6) is 0 Å². The highest BCUT2D eigenvalue weighted by Crippen LogP contribution is 2.17. The molecule has 0 aliphatic carbocycles. The van der Waals surface area contributed by atoms with E-state index >= 15 is 0 Å². The molecule has 1 heterocycles. The third-order valence-corrected chi connectivity index (χ3v) is 4.37. The molecule has 7 nitrogen and oxygen atoms in total. The molecule has 0 unspecified atom stereocenters. The van der Waals surface area contributed by atoms with Crippen molar-refractivity contribution in [2.24, 2.45) is 0 Å². The Kier molecular flexibility index (Phi) is 6.05. The van der Waals surface area contributed by atoms with Gasteiger partial charge in [0.05, 0.1) is 36.7 Å². The van der Waals surface area contributed by atoms with Crippen LogP contribution in [0.2, 0.25) is 0 Å².